The number of nitrogens with zero attached hydrogens (tertiary/aromatic N) is 5. The van der Waals surface area contributed by atoms with E-state index in [4.69, 9.17) is 5.26 Å². The molecule has 0 aliphatic carbocycles. The monoisotopic (exact) mass is 393 g/mol. The summed E-state index contributed by atoms with van der Waals surface area (Å²) < 4.78 is 0. The van der Waals surface area contributed by atoms with Crippen LogP contribution in [0.15, 0.2) is 28.4 Å². The molecular weight excluding hydrogens is 366 g/mol. The van der Waals surface area contributed by atoms with E-state index in [1.807, 2.05) is 13.0 Å². The molecule has 0 bridgehead atoms. The Labute approximate surface area is 171 Å². The van der Waals surface area contributed by atoms with E-state index in [0.29, 0.717) is 27.0 Å². The Hall–Kier alpha value is -2.70. The van der Waals surface area contributed by atoms with Crippen molar-refractivity contribution in [1.82, 2.24) is 0 Å². The zero-order valence-corrected chi connectivity index (χ0v) is 18.1. The van der Waals surface area contributed by atoms with Gasteiger partial charge in [0.1, 0.15) is 17.0 Å². The van der Waals surface area contributed by atoms with E-state index in [2.05, 4.69) is 60.2 Å². The average molecular weight is 394 g/mol. The number of azo groups is 1. The summed E-state index contributed by atoms with van der Waals surface area (Å²) in [5.41, 5.74) is 4.11. The van der Waals surface area contributed by atoms with Gasteiger partial charge in [0.25, 0.3) is 0 Å². The molecule has 0 aliphatic rings. The van der Waals surface area contributed by atoms with Gasteiger partial charge in [0.05, 0.1) is 11.3 Å². The van der Waals surface area contributed by atoms with Crippen molar-refractivity contribution in [3.05, 3.63) is 39.8 Å². The van der Waals surface area contributed by atoms with Gasteiger partial charge < -0.3 is 4.90 Å². The first kappa shape index (κ1) is 21.6. The van der Waals surface area contributed by atoms with E-state index < -0.39 is 0 Å². The highest BCUT2D eigenvalue weighted by atomic mass is 32.1. The van der Waals surface area contributed by atoms with E-state index in [1.54, 1.807) is 6.92 Å². The smallest absolute Gasteiger partial charge is 0.158 e. The summed E-state index contributed by atoms with van der Waals surface area (Å²) in [6, 6.07) is 10.9. The summed E-state index contributed by atoms with van der Waals surface area (Å²) in [6.07, 6.45) is 3.64. The summed E-state index contributed by atoms with van der Waals surface area (Å²) >= 11 is 1.21. The molecule has 0 fully saturated rings. The Balaban J connectivity index is 2.26. The fourth-order valence-electron chi connectivity index (χ4n) is 3.05. The van der Waals surface area contributed by atoms with Crippen LogP contribution in [0.5, 0.6) is 0 Å². The molecule has 0 saturated heterocycles. The van der Waals surface area contributed by atoms with Crippen molar-refractivity contribution in [3.8, 4) is 12.1 Å². The topological polar surface area (TPSA) is 75.5 Å². The molecule has 2 aromatic rings. The molecule has 1 aromatic carbocycles. The minimum Gasteiger partial charge on any atom is -0.369 e. The number of nitriles is 2. The molecule has 0 spiro atoms. The lowest BCUT2D eigenvalue weighted by atomic mass is 10.1. The third-order valence-electron chi connectivity index (χ3n) is 4.73. The van der Waals surface area contributed by atoms with Crippen molar-refractivity contribution in [1.29, 1.82) is 10.5 Å². The summed E-state index contributed by atoms with van der Waals surface area (Å²) in [4.78, 5) is 2.93. The SMILES string of the molecule is CCCCCN(c1ccc(N=Nc2sc(C#N)c(C)c2C#N)c(C)c1)C(C)C. The van der Waals surface area contributed by atoms with E-state index in [1.165, 1.54) is 36.3 Å². The fourth-order valence-corrected chi connectivity index (χ4v) is 3.93. The van der Waals surface area contributed by atoms with Gasteiger partial charge in [-0.25, -0.2) is 0 Å². The maximum Gasteiger partial charge on any atom is 0.158 e. The van der Waals surface area contributed by atoms with Crippen LogP contribution in [0.3, 0.4) is 0 Å². The van der Waals surface area contributed by atoms with Crippen LogP contribution in [0.1, 0.15) is 61.6 Å². The standard InChI is InChI=1S/C22H27N5S/c1-6-7-8-11-27(15(2)3)18-9-10-20(16(4)12-18)25-26-22-19(13-23)17(5)21(14-24)28-22/h9-10,12,15H,6-8,11H2,1-5H3. The molecule has 1 aromatic heterocycles. The molecule has 2 rings (SSSR count). The van der Waals surface area contributed by atoms with E-state index in [-0.39, 0.29) is 0 Å². The van der Waals surface area contributed by atoms with Crippen molar-refractivity contribution >= 4 is 27.7 Å². The molecule has 0 N–H and O–H groups in total. The predicted octanol–water partition coefficient (Wildman–Crippen LogP) is 6.93. The highest BCUT2D eigenvalue weighted by Crippen LogP contribution is 2.36. The highest BCUT2D eigenvalue weighted by Gasteiger charge is 2.15. The molecule has 0 aliphatic heterocycles. The normalized spacial score (nSPS) is 11.0. The number of anilines is 1. The molecule has 28 heavy (non-hydrogen) atoms. The van der Waals surface area contributed by atoms with Crippen LogP contribution in [0.25, 0.3) is 0 Å². The molecule has 1 heterocycles. The van der Waals surface area contributed by atoms with Gasteiger partial charge in [-0.3, -0.25) is 0 Å². The van der Waals surface area contributed by atoms with Crippen LogP contribution in [0.2, 0.25) is 0 Å². The van der Waals surface area contributed by atoms with Crippen molar-refractivity contribution in [2.75, 3.05) is 11.4 Å². The fraction of sp³-hybridized carbons (Fsp3) is 0.455. The van der Waals surface area contributed by atoms with Crippen LogP contribution in [0, 0.1) is 36.5 Å². The zero-order valence-electron chi connectivity index (χ0n) is 17.3. The number of rotatable bonds is 8. The minimum atomic E-state index is 0.431. The van der Waals surface area contributed by atoms with E-state index >= 15 is 0 Å². The lowest BCUT2D eigenvalue weighted by molar-refractivity contribution is 0.626. The second-order valence-electron chi connectivity index (χ2n) is 7.12. The first-order valence-corrected chi connectivity index (χ1v) is 10.5. The summed E-state index contributed by atoms with van der Waals surface area (Å²) in [5.74, 6) is 0. The van der Waals surface area contributed by atoms with Crippen LogP contribution < -0.4 is 4.90 Å². The van der Waals surface area contributed by atoms with Gasteiger partial charge in [-0.1, -0.05) is 19.8 Å². The van der Waals surface area contributed by atoms with Gasteiger partial charge in [-0.15, -0.1) is 21.6 Å². The first-order valence-electron chi connectivity index (χ1n) is 9.65. The molecule has 146 valence electrons. The second kappa shape index (κ2) is 10.0. The van der Waals surface area contributed by atoms with Gasteiger partial charge in [0, 0.05) is 18.3 Å². The lowest BCUT2D eigenvalue weighted by Gasteiger charge is -2.29. The van der Waals surface area contributed by atoms with Gasteiger partial charge in [-0.05, 0) is 63.4 Å². The molecule has 5 nitrogen and oxygen atoms in total. The highest BCUT2D eigenvalue weighted by molar-refractivity contribution is 7.16. The number of benzene rings is 1. The van der Waals surface area contributed by atoms with Crippen molar-refractivity contribution in [2.24, 2.45) is 10.2 Å². The Kier molecular flexibility index (Phi) is 7.72. The molecule has 0 atom stereocenters. The van der Waals surface area contributed by atoms with Gasteiger partial charge in [-0.2, -0.15) is 10.5 Å². The maximum atomic E-state index is 9.34. The Bertz CT molecular complexity index is 928. The van der Waals surface area contributed by atoms with Crippen LogP contribution >= 0.6 is 11.3 Å². The van der Waals surface area contributed by atoms with Gasteiger partial charge in [0.2, 0.25) is 0 Å². The molecule has 0 saturated carbocycles. The number of unbranched alkanes of at least 4 members (excludes halogenated alkanes) is 2. The minimum absolute atomic E-state index is 0.431. The lowest BCUT2D eigenvalue weighted by Crippen LogP contribution is -2.31. The first-order chi connectivity index (χ1) is 13.4. The Morgan fingerprint density at radius 1 is 1.11 bits per heavy atom. The number of thiophene rings is 1. The molecule has 6 heteroatoms. The quantitative estimate of drug-likeness (QED) is 0.360. The summed E-state index contributed by atoms with van der Waals surface area (Å²) in [6.45, 7) is 11.5. The van der Waals surface area contributed by atoms with E-state index in [9.17, 15) is 5.26 Å². The van der Waals surface area contributed by atoms with Gasteiger partial charge in [0.15, 0.2) is 5.00 Å². The number of hydrogen-bond donors (Lipinski definition) is 0. The maximum absolute atomic E-state index is 9.34. The van der Waals surface area contributed by atoms with Gasteiger partial charge >= 0.3 is 0 Å². The Morgan fingerprint density at radius 2 is 1.86 bits per heavy atom. The molecule has 0 unspecified atom stereocenters. The van der Waals surface area contributed by atoms with Crippen molar-refractivity contribution in [2.45, 2.75) is 59.9 Å². The number of hydrogen-bond acceptors (Lipinski definition) is 6. The zero-order chi connectivity index (χ0) is 20.7. The van der Waals surface area contributed by atoms with Crippen LogP contribution in [-0.4, -0.2) is 12.6 Å². The predicted molar refractivity (Wildman–Crippen MR) is 116 cm³/mol. The van der Waals surface area contributed by atoms with Crippen LogP contribution in [0.4, 0.5) is 16.4 Å². The Morgan fingerprint density at radius 3 is 2.43 bits per heavy atom. The molecule has 0 amide bonds. The molecule has 0 radical (unpaired) electrons. The summed E-state index contributed by atoms with van der Waals surface area (Å²) in [7, 11) is 0. The van der Waals surface area contributed by atoms with Crippen molar-refractivity contribution in [3.63, 3.8) is 0 Å². The number of aryl methyl sites for hydroxylation is 1. The summed E-state index contributed by atoms with van der Waals surface area (Å²) in [5, 5.41) is 27.6. The average Bonchev–Trinajstić information content (AvgIpc) is 2.98. The third-order valence-corrected chi connectivity index (χ3v) is 5.81. The second-order valence-corrected chi connectivity index (χ2v) is 8.12. The largest absolute Gasteiger partial charge is 0.369 e. The van der Waals surface area contributed by atoms with Crippen molar-refractivity contribution < 1.29 is 0 Å². The van der Waals surface area contributed by atoms with Crippen LogP contribution in [-0.2, 0) is 0 Å². The molecular formula is C22H27N5S. The third kappa shape index (κ3) is 4.97. The van der Waals surface area contributed by atoms with E-state index in [0.717, 1.165) is 17.8 Å².